The van der Waals surface area contributed by atoms with Crippen LogP contribution in [0.5, 0.6) is 0 Å². The minimum Gasteiger partial charge on any atom is -0.0654 e. The number of fused-ring (bicyclic) bond motifs is 9. The summed E-state index contributed by atoms with van der Waals surface area (Å²) in [6.45, 7) is 24.3. The minimum atomic E-state index is -0.0279. The summed E-state index contributed by atoms with van der Waals surface area (Å²) >= 11 is 0. The van der Waals surface area contributed by atoms with Crippen molar-refractivity contribution in [2.45, 2.75) is 227 Å². The van der Waals surface area contributed by atoms with Gasteiger partial charge in [-0.3, -0.25) is 0 Å². The molecule has 0 fully saturated rings. The van der Waals surface area contributed by atoms with Gasteiger partial charge in [0, 0.05) is 16.2 Å². The van der Waals surface area contributed by atoms with Crippen molar-refractivity contribution < 1.29 is 0 Å². The molecule has 3 aliphatic rings. The summed E-state index contributed by atoms with van der Waals surface area (Å²) in [6, 6.07) is 49.9. The van der Waals surface area contributed by atoms with Crippen molar-refractivity contribution >= 4 is 0 Å². The molecule has 0 radical (unpaired) electrons. The van der Waals surface area contributed by atoms with Crippen molar-refractivity contribution in [2.75, 3.05) is 0 Å². The molecule has 0 heterocycles. The molecular formula is C75H98. The maximum absolute atomic E-state index is 2.72. The quantitative estimate of drug-likeness (QED) is 0.0430. The largest absolute Gasteiger partial charge is 0.0654 e. The van der Waals surface area contributed by atoms with Gasteiger partial charge in [0.2, 0.25) is 0 Å². The summed E-state index contributed by atoms with van der Waals surface area (Å²) in [4.78, 5) is 0. The lowest BCUT2D eigenvalue weighted by Crippen LogP contribution is -2.30. The van der Waals surface area contributed by atoms with Crippen LogP contribution in [0.25, 0.3) is 55.6 Å². The molecule has 3 aliphatic carbocycles. The molecule has 398 valence electrons. The number of hydrogen-bond acceptors (Lipinski definition) is 0. The van der Waals surface area contributed by atoms with E-state index in [4.69, 9.17) is 0 Å². The monoisotopic (exact) mass is 999 g/mol. The summed E-state index contributed by atoms with van der Waals surface area (Å²) < 4.78 is 0. The fourth-order valence-electron chi connectivity index (χ4n) is 15.2. The molecule has 0 aliphatic heterocycles. The van der Waals surface area contributed by atoms with Crippen LogP contribution in [0.15, 0.2) is 121 Å². The molecule has 0 spiro atoms. The maximum atomic E-state index is 2.72. The van der Waals surface area contributed by atoms with Gasteiger partial charge in [-0.05, 0) is 175 Å². The number of hydrogen-bond donors (Lipinski definition) is 0. The standard InChI is InChI=1S/C75H98/c1-11-17-19-21-23-29-43-73(44-30-24-22-20-18-12-2)69-45-57(59-35-39-63-61-31-25-27-33-67(61)74(71(63)47-59,49-53(7)13-3)50-54(8)14-4)37-41-65(69)66-42-38-58(46-70(66)73)60-36-40-64-62-32-26-28-34-68(62)75(72(64)48-60,51-55(9)15-5)52-56(10)16-6/h25-28,31-42,45-48,53-56H,11-24,29-30,43-44,49-52H2,1-10H3/t53-,54-,55-,56-/m0/s1. The Morgan fingerprint density at radius 3 is 0.853 bits per heavy atom. The topological polar surface area (TPSA) is 0 Å². The lowest BCUT2D eigenvalue weighted by Gasteiger charge is -2.37. The zero-order chi connectivity index (χ0) is 52.7. The Labute approximate surface area is 458 Å². The van der Waals surface area contributed by atoms with E-state index < -0.39 is 0 Å². The van der Waals surface area contributed by atoms with Gasteiger partial charge >= 0.3 is 0 Å². The number of unbranched alkanes of at least 4 members (excludes halogenated alkanes) is 10. The Balaban J connectivity index is 1.19. The van der Waals surface area contributed by atoms with E-state index in [-0.39, 0.29) is 16.2 Å². The molecule has 6 aromatic rings. The third kappa shape index (κ3) is 10.7. The van der Waals surface area contributed by atoms with Crippen molar-refractivity contribution in [2.24, 2.45) is 23.7 Å². The summed E-state index contributed by atoms with van der Waals surface area (Å²) in [7, 11) is 0. The molecule has 0 amide bonds. The van der Waals surface area contributed by atoms with Gasteiger partial charge in [0.15, 0.2) is 0 Å². The van der Waals surface area contributed by atoms with Crippen molar-refractivity contribution in [1.29, 1.82) is 0 Å². The molecule has 6 aromatic carbocycles. The predicted octanol–water partition coefficient (Wildman–Crippen LogP) is 23.1. The van der Waals surface area contributed by atoms with Crippen molar-refractivity contribution in [3.05, 3.63) is 155 Å². The highest BCUT2D eigenvalue weighted by molar-refractivity contribution is 5.89. The highest BCUT2D eigenvalue weighted by Crippen LogP contribution is 2.60. The molecule has 0 saturated carbocycles. The van der Waals surface area contributed by atoms with Crippen LogP contribution in [-0.4, -0.2) is 0 Å². The van der Waals surface area contributed by atoms with E-state index >= 15 is 0 Å². The Morgan fingerprint density at radius 2 is 0.547 bits per heavy atom. The zero-order valence-electron chi connectivity index (χ0n) is 48.9. The number of benzene rings is 6. The molecule has 0 N–H and O–H groups in total. The first-order valence-corrected chi connectivity index (χ1v) is 31.3. The normalized spacial score (nSPS) is 16.6. The van der Waals surface area contributed by atoms with Crippen LogP contribution in [0.4, 0.5) is 0 Å². The summed E-state index contributed by atoms with van der Waals surface area (Å²) in [5.74, 6) is 2.59. The molecule has 0 nitrogen and oxygen atoms in total. The van der Waals surface area contributed by atoms with Gasteiger partial charge in [-0.25, -0.2) is 0 Å². The highest BCUT2D eigenvalue weighted by Gasteiger charge is 2.47. The Bertz CT molecular complexity index is 2630. The van der Waals surface area contributed by atoms with Gasteiger partial charge in [-0.15, -0.1) is 0 Å². The highest BCUT2D eigenvalue weighted by atomic mass is 14.5. The first-order chi connectivity index (χ1) is 36.5. The third-order valence-electron chi connectivity index (χ3n) is 20.1. The van der Waals surface area contributed by atoms with E-state index in [1.54, 1.807) is 33.4 Å². The maximum Gasteiger partial charge on any atom is 0.0220 e. The smallest absolute Gasteiger partial charge is 0.0220 e. The fourth-order valence-corrected chi connectivity index (χ4v) is 15.2. The second kappa shape index (κ2) is 24.3. The molecule has 4 atom stereocenters. The second-order valence-corrected chi connectivity index (χ2v) is 25.3. The number of rotatable bonds is 28. The Hall–Kier alpha value is -4.68. The molecule has 0 aromatic heterocycles. The van der Waals surface area contributed by atoms with Crippen LogP contribution in [0.3, 0.4) is 0 Å². The van der Waals surface area contributed by atoms with Gasteiger partial charge in [0.05, 0.1) is 0 Å². The summed E-state index contributed by atoms with van der Waals surface area (Å²) in [5, 5.41) is 0. The van der Waals surface area contributed by atoms with Crippen molar-refractivity contribution in [3.8, 4) is 55.6 Å². The SMILES string of the molecule is CCCCCCCCC1(CCCCCCCC)c2cc(-c3ccc4c(c3)C(C[C@@H](C)CC)(C[C@@H](C)CC)c3ccccc3-4)ccc2-c2ccc(-c3ccc4c(c3)C(C[C@@H](C)CC)(C[C@@H](C)CC)c3ccccc3-4)cc21. The molecule has 0 saturated heterocycles. The van der Waals surface area contributed by atoms with Crippen LogP contribution in [0.2, 0.25) is 0 Å². The molecule has 0 unspecified atom stereocenters. The molecule has 9 rings (SSSR count). The average molecular weight is 1000 g/mol. The van der Waals surface area contributed by atoms with Crippen LogP contribution >= 0.6 is 0 Å². The van der Waals surface area contributed by atoms with Gasteiger partial charge in [0.25, 0.3) is 0 Å². The van der Waals surface area contributed by atoms with Crippen molar-refractivity contribution in [3.63, 3.8) is 0 Å². The molecule has 75 heavy (non-hydrogen) atoms. The van der Waals surface area contributed by atoms with E-state index in [0.717, 1.165) is 0 Å². The molecule has 0 heteroatoms. The van der Waals surface area contributed by atoms with Crippen LogP contribution < -0.4 is 0 Å². The van der Waals surface area contributed by atoms with Crippen LogP contribution in [0.1, 0.15) is 244 Å². The predicted molar refractivity (Wildman–Crippen MR) is 328 cm³/mol. The molecular weight excluding hydrogens is 901 g/mol. The first kappa shape index (κ1) is 55.1. The third-order valence-corrected chi connectivity index (χ3v) is 20.1. The lowest BCUT2D eigenvalue weighted by atomic mass is 9.66. The Kier molecular flexibility index (Phi) is 17.9. The van der Waals surface area contributed by atoms with Crippen molar-refractivity contribution in [1.82, 2.24) is 0 Å². The average Bonchev–Trinajstić information content (AvgIpc) is 4.01. The lowest BCUT2D eigenvalue weighted by molar-refractivity contribution is 0.308. The van der Waals surface area contributed by atoms with Crippen LogP contribution in [-0.2, 0) is 16.2 Å². The van der Waals surface area contributed by atoms with E-state index in [1.807, 2.05) is 0 Å². The van der Waals surface area contributed by atoms with Gasteiger partial charge in [-0.2, -0.15) is 0 Å². The van der Waals surface area contributed by atoms with Crippen LogP contribution in [0, 0.1) is 23.7 Å². The van der Waals surface area contributed by atoms with Gasteiger partial charge < -0.3 is 0 Å². The first-order valence-electron chi connectivity index (χ1n) is 31.3. The second-order valence-electron chi connectivity index (χ2n) is 25.3. The summed E-state index contributed by atoms with van der Waals surface area (Å²) in [5.41, 5.74) is 23.9. The van der Waals surface area contributed by atoms with E-state index in [9.17, 15) is 0 Å². The minimum absolute atomic E-state index is 0.0258. The van der Waals surface area contributed by atoms with Gasteiger partial charge in [0.1, 0.15) is 0 Å². The van der Waals surface area contributed by atoms with Gasteiger partial charge in [-0.1, -0.05) is 269 Å². The van der Waals surface area contributed by atoms with E-state index in [2.05, 4.69) is 191 Å². The van der Waals surface area contributed by atoms with E-state index in [1.165, 1.54) is 197 Å². The van der Waals surface area contributed by atoms with E-state index in [0.29, 0.717) is 23.7 Å². The fraction of sp³-hybridized carbons (Fsp3) is 0.520. The zero-order valence-corrected chi connectivity index (χ0v) is 48.9. The molecule has 0 bridgehead atoms. The summed E-state index contributed by atoms with van der Waals surface area (Å²) in [6.07, 6.45) is 28.0. The Morgan fingerprint density at radius 1 is 0.280 bits per heavy atom.